The van der Waals surface area contributed by atoms with E-state index in [1.165, 1.54) is 0 Å². The van der Waals surface area contributed by atoms with E-state index in [1.807, 2.05) is 32.7 Å². The van der Waals surface area contributed by atoms with Gasteiger partial charge >= 0.3 is 0 Å². The van der Waals surface area contributed by atoms with Crippen molar-refractivity contribution in [3.63, 3.8) is 0 Å². The van der Waals surface area contributed by atoms with E-state index in [4.69, 9.17) is 15.9 Å². The molecule has 0 radical (unpaired) electrons. The molecule has 0 unspecified atom stereocenters. The Hall–Kier alpha value is -4.96. The number of thiazole rings is 1. The predicted octanol–water partition coefficient (Wildman–Crippen LogP) is 2.54. The molecule has 0 aromatic carbocycles. The lowest BCUT2D eigenvalue weighted by Crippen LogP contribution is -2.51. The molecule has 0 spiro atoms. The van der Waals surface area contributed by atoms with Crippen LogP contribution in [-0.4, -0.2) is 116 Å². The second-order valence-electron chi connectivity index (χ2n) is 12.5. The molecule has 2 fully saturated rings. The van der Waals surface area contributed by atoms with E-state index in [2.05, 4.69) is 34.8 Å². The number of amides is 2. The number of carbonyl (C=O) groups is 2. The highest BCUT2D eigenvalue weighted by molar-refractivity contribution is 7.18. The van der Waals surface area contributed by atoms with Crippen molar-refractivity contribution in [3.8, 4) is 16.6 Å². The first-order valence-electron chi connectivity index (χ1n) is 16.5. The monoisotopic (exact) mass is 686 g/mol. The topological polar surface area (TPSA) is 176 Å². The standard InChI is InChI=1S/C33H42N12O3S/c1-5-45(26-8-7-24(34)30(39-26)29(35)22-6-9-27(36-16-22)48-21(2)3)32(47)23-10-11-42(18-23)19-28(46)43-12-14-44(15-13-43)33-37-17-25(49-33)31-38-20-41(4)40-31/h6-9,16-17,20-21,23,35H,5,10-15,18-19,34H2,1-4H3/t23-/m1/s1. The summed E-state index contributed by atoms with van der Waals surface area (Å²) in [5.41, 5.74) is 7.51. The lowest BCUT2D eigenvalue weighted by Gasteiger charge is -2.35. The minimum Gasteiger partial charge on any atom is -0.475 e. The predicted molar refractivity (Wildman–Crippen MR) is 188 cm³/mol. The van der Waals surface area contributed by atoms with Crippen LogP contribution in [0.15, 0.2) is 43.0 Å². The Morgan fingerprint density at radius 3 is 2.55 bits per heavy atom. The molecule has 1 atom stereocenters. The van der Waals surface area contributed by atoms with Gasteiger partial charge in [0.05, 0.1) is 41.0 Å². The van der Waals surface area contributed by atoms with Crippen LogP contribution in [0.5, 0.6) is 5.88 Å². The van der Waals surface area contributed by atoms with Gasteiger partial charge in [-0.05, 0) is 51.9 Å². The third-order valence-electron chi connectivity index (χ3n) is 8.59. The van der Waals surface area contributed by atoms with Crippen LogP contribution in [0.3, 0.4) is 0 Å². The summed E-state index contributed by atoms with van der Waals surface area (Å²) in [5.74, 6) is 1.31. The number of aryl methyl sites for hydroxylation is 1. The van der Waals surface area contributed by atoms with Gasteiger partial charge in [-0.1, -0.05) is 11.3 Å². The maximum atomic E-state index is 13.8. The molecule has 15 nitrogen and oxygen atoms in total. The zero-order valence-corrected chi connectivity index (χ0v) is 29.1. The van der Waals surface area contributed by atoms with Crippen molar-refractivity contribution >= 4 is 45.5 Å². The minimum absolute atomic E-state index is 0.0144. The first kappa shape index (κ1) is 33.9. The first-order chi connectivity index (χ1) is 23.6. The molecule has 6 rings (SSSR count). The van der Waals surface area contributed by atoms with Crippen LogP contribution >= 0.6 is 11.3 Å². The molecule has 3 N–H and O–H groups in total. The smallest absolute Gasteiger partial charge is 0.236 e. The highest BCUT2D eigenvalue weighted by Gasteiger charge is 2.34. The van der Waals surface area contributed by atoms with Gasteiger partial charge in [0.2, 0.25) is 17.7 Å². The van der Waals surface area contributed by atoms with E-state index < -0.39 is 0 Å². The molecule has 2 amide bonds. The number of carbonyl (C=O) groups excluding carboxylic acids is 2. The summed E-state index contributed by atoms with van der Waals surface area (Å²) in [7, 11) is 1.84. The summed E-state index contributed by atoms with van der Waals surface area (Å²) in [6.45, 7) is 10.2. The van der Waals surface area contributed by atoms with Gasteiger partial charge in [-0.3, -0.25) is 29.5 Å². The van der Waals surface area contributed by atoms with Gasteiger partial charge in [-0.25, -0.2) is 19.9 Å². The largest absolute Gasteiger partial charge is 0.475 e. The Balaban J connectivity index is 1.02. The minimum atomic E-state index is -0.266. The number of nitrogens with one attached hydrogen (secondary N) is 1. The van der Waals surface area contributed by atoms with E-state index in [9.17, 15) is 9.59 Å². The van der Waals surface area contributed by atoms with Crippen molar-refractivity contribution in [2.75, 3.05) is 67.9 Å². The number of anilines is 3. The van der Waals surface area contributed by atoms with Crippen molar-refractivity contribution in [3.05, 3.63) is 54.2 Å². The maximum absolute atomic E-state index is 13.8. The molecule has 49 heavy (non-hydrogen) atoms. The van der Waals surface area contributed by atoms with E-state index in [0.717, 1.165) is 10.0 Å². The van der Waals surface area contributed by atoms with Crippen LogP contribution in [0.2, 0.25) is 0 Å². The number of nitrogen functional groups attached to an aromatic ring is 1. The molecule has 2 aliphatic rings. The Kier molecular flexibility index (Phi) is 10.1. The van der Waals surface area contributed by atoms with Crippen molar-refractivity contribution in [1.29, 1.82) is 5.41 Å². The summed E-state index contributed by atoms with van der Waals surface area (Å²) in [5, 5.41) is 14.0. The lowest BCUT2D eigenvalue weighted by molar-refractivity contribution is -0.132. The Bertz CT molecular complexity index is 1800. The molecule has 4 aromatic rings. The zero-order chi connectivity index (χ0) is 34.7. The van der Waals surface area contributed by atoms with E-state index in [-0.39, 0.29) is 41.8 Å². The highest BCUT2D eigenvalue weighted by Crippen LogP contribution is 2.30. The average molecular weight is 687 g/mol. The number of ether oxygens (including phenoxy) is 1. The van der Waals surface area contributed by atoms with Gasteiger partial charge in [0.25, 0.3) is 0 Å². The van der Waals surface area contributed by atoms with Crippen LogP contribution in [0.4, 0.5) is 16.6 Å². The summed E-state index contributed by atoms with van der Waals surface area (Å²) in [4.78, 5) is 53.6. The number of aromatic nitrogens is 6. The van der Waals surface area contributed by atoms with Gasteiger partial charge in [0.1, 0.15) is 17.8 Å². The fourth-order valence-corrected chi connectivity index (χ4v) is 6.92. The number of likely N-dealkylation sites (tertiary alicyclic amines) is 1. The van der Waals surface area contributed by atoms with Crippen LogP contribution in [0.1, 0.15) is 38.4 Å². The van der Waals surface area contributed by atoms with Crippen LogP contribution in [0.25, 0.3) is 10.7 Å². The fraction of sp³-hybridized carbons (Fsp3) is 0.455. The van der Waals surface area contributed by atoms with Crippen LogP contribution in [-0.2, 0) is 16.6 Å². The normalized spacial score (nSPS) is 16.7. The molecule has 2 aliphatic heterocycles. The third kappa shape index (κ3) is 7.70. The zero-order valence-electron chi connectivity index (χ0n) is 28.2. The number of hydrogen-bond acceptors (Lipinski definition) is 13. The third-order valence-corrected chi connectivity index (χ3v) is 9.64. The van der Waals surface area contributed by atoms with Gasteiger partial charge in [0.15, 0.2) is 11.0 Å². The van der Waals surface area contributed by atoms with Gasteiger partial charge in [-0.2, -0.15) is 5.10 Å². The van der Waals surface area contributed by atoms with E-state index in [0.29, 0.717) is 81.0 Å². The van der Waals surface area contributed by atoms with Gasteiger partial charge in [-0.15, -0.1) is 0 Å². The van der Waals surface area contributed by atoms with E-state index >= 15 is 0 Å². The number of pyridine rings is 2. The molecule has 16 heteroatoms. The summed E-state index contributed by atoms with van der Waals surface area (Å²) in [6, 6.07) is 6.85. The van der Waals surface area contributed by atoms with Crippen molar-refractivity contribution < 1.29 is 14.3 Å². The Labute approximate surface area is 289 Å². The fourth-order valence-electron chi connectivity index (χ4n) is 6.02. The molecule has 0 saturated carbocycles. The molecule has 258 valence electrons. The highest BCUT2D eigenvalue weighted by atomic mass is 32.1. The van der Waals surface area contributed by atoms with Crippen molar-refractivity contribution in [1.82, 2.24) is 39.5 Å². The second-order valence-corrected chi connectivity index (χ2v) is 13.5. The molecule has 0 aliphatic carbocycles. The van der Waals surface area contributed by atoms with Crippen LogP contribution in [0, 0.1) is 11.3 Å². The quantitative estimate of drug-likeness (QED) is 0.222. The Morgan fingerprint density at radius 2 is 1.88 bits per heavy atom. The molecular weight excluding hydrogens is 645 g/mol. The van der Waals surface area contributed by atoms with Crippen molar-refractivity contribution in [2.24, 2.45) is 13.0 Å². The molecule has 6 heterocycles. The maximum Gasteiger partial charge on any atom is 0.236 e. The van der Waals surface area contributed by atoms with E-state index in [1.54, 1.807) is 63.9 Å². The molecular formula is C33H42N12O3S. The number of hydrogen-bond donors (Lipinski definition) is 2. The summed E-state index contributed by atoms with van der Waals surface area (Å²) < 4.78 is 7.28. The number of nitrogens with zero attached hydrogens (tertiary/aromatic N) is 10. The van der Waals surface area contributed by atoms with Crippen LogP contribution < -0.4 is 20.3 Å². The average Bonchev–Trinajstić information content (AvgIpc) is 3.87. The first-order valence-corrected chi connectivity index (χ1v) is 17.3. The molecule has 4 aromatic heterocycles. The van der Waals surface area contributed by atoms with Gasteiger partial charge in [0, 0.05) is 64.1 Å². The van der Waals surface area contributed by atoms with Gasteiger partial charge < -0.3 is 20.3 Å². The lowest BCUT2D eigenvalue weighted by atomic mass is 10.1. The summed E-state index contributed by atoms with van der Waals surface area (Å²) in [6.07, 6.45) is 5.67. The number of nitrogens with two attached hydrogens (primary N) is 1. The van der Waals surface area contributed by atoms with Crippen molar-refractivity contribution in [2.45, 2.75) is 33.3 Å². The molecule has 2 saturated heterocycles. The second kappa shape index (κ2) is 14.7. The number of piperazine rings is 1. The molecule has 0 bridgehead atoms. The summed E-state index contributed by atoms with van der Waals surface area (Å²) >= 11 is 1.55. The SMILES string of the molecule is CCN(C(=O)[C@@H]1CCN(CC(=O)N2CCN(c3ncc(-c4ncn(C)n4)s3)CC2)C1)c1ccc(N)c(C(=N)c2ccc(OC(C)C)nc2)n1. The number of rotatable bonds is 11. The Morgan fingerprint density at radius 1 is 1.08 bits per heavy atom.